The van der Waals surface area contributed by atoms with Gasteiger partial charge in [-0.2, -0.15) is 0 Å². The molecule has 1 aliphatic heterocycles. The normalized spacial score (nSPS) is 20.7. The van der Waals surface area contributed by atoms with Crippen molar-refractivity contribution in [3.8, 4) is 5.75 Å². The van der Waals surface area contributed by atoms with Gasteiger partial charge in [-0.15, -0.1) is 0 Å². The number of rotatable bonds is 0. The molecule has 0 radical (unpaired) electrons. The first-order valence-electron chi connectivity index (χ1n) is 4.37. The minimum atomic E-state index is 0.125. The number of fused-ring (bicyclic) bond motifs is 1. The number of halogens is 1. The fraction of sp³-hybridized carbons (Fsp3) is 0.400. The Hall–Kier alpha value is -0.540. The van der Waals surface area contributed by atoms with E-state index in [0.717, 1.165) is 34.4 Å². The molecule has 0 fully saturated rings. The summed E-state index contributed by atoms with van der Waals surface area (Å²) in [4.78, 5) is 0. The van der Waals surface area contributed by atoms with Gasteiger partial charge in [-0.1, -0.05) is 15.9 Å². The van der Waals surface area contributed by atoms with E-state index in [4.69, 9.17) is 10.5 Å². The molecule has 0 spiro atoms. The Morgan fingerprint density at radius 2 is 2.31 bits per heavy atom. The molecule has 1 aliphatic rings. The Kier molecular flexibility index (Phi) is 2.30. The summed E-state index contributed by atoms with van der Waals surface area (Å²) in [5, 5.41) is 0. The zero-order chi connectivity index (χ0) is 9.42. The summed E-state index contributed by atoms with van der Waals surface area (Å²) in [6.45, 7) is 2.78. The second-order valence-corrected chi connectivity index (χ2v) is 4.30. The van der Waals surface area contributed by atoms with Crippen LogP contribution in [0.3, 0.4) is 0 Å². The molecule has 0 amide bonds. The number of benzene rings is 1. The van der Waals surface area contributed by atoms with E-state index >= 15 is 0 Å². The Morgan fingerprint density at radius 1 is 1.54 bits per heavy atom. The van der Waals surface area contributed by atoms with Crippen LogP contribution in [0, 0.1) is 6.92 Å². The summed E-state index contributed by atoms with van der Waals surface area (Å²) in [7, 11) is 0. The van der Waals surface area contributed by atoms with Gasteiger partial charge in [-0.3, -0.25) is 0 Å². The van der Waals surface area contributed by atoms with Gasteiger partial charge in [0.05, 0.1) is 6.61 Å². The number of hydrogen-bond acceptors (Lipinski definition) is 2. The number of aryl methyl sites for hydroxylation is 1. The monoisotopic (exact) mass is 241 g/mol. The van der Waals surface area contributed by atoms with Gasteiger partial charge in [0.2, 0.25) is 0 Å². The second-order valence-electron chi connectivity index (χ2n) is 3.38. The molecule has 2 N–H and O–H groups in total. The van der Waals surface area contributed by atoms with E-state index in [1.807, 2.05) is 13.0 Å². The maximum absolute atomic E-state index is 5.98. The molecule has 0 aromatic heterocycles. The molecule has 1 heterocycles. The summed E-state index contributed by atoms with van der Waals surface area (Å²) in [5.74, 6) is 0.974. The number of hydrogen-bond donors (Lipinski definition) is 1. The van der Waals surface area contributed by atoms with Crippen LogP contribution in [0.4, 0.5) is 0 Å². The van der Waals surface area contributed by atoms with E-state index in [2.05, 4.69) is 22.0 Å². The van der Waals surface area contributed by atoms with Crippen molar-refractivity contribution < 1.29 is 4.74 Å². The molecule has 2 nitrogen and oxygen atoms in total. The van der Waals surface area contributed by atoms with Crippen LogP contribution in [-0.2, 0) is 0 Å². The molecule has 1 aromatic rings. The van der Waals surface area contributed by atoms with Gasteiger partial charge >= 0.3 is 0 Å². The van der Waals surface area contributed by atoms with E-state index < -0.39 is 0 Å². The third-order valence-electron chi connectivity index (χ3n) is 2.34. The summed E-state index contributed by atoms with van der Waals surface area (Å²) in [6, 6.07) is 4.23. The van der Waals surface area contributed by atoms with Crippen molar-refractivity contribution in [3.63, 3.8) is 0 Å². The molecule has 0 bridgehead atoms. The lowest BCUT2D eigenvalue weighted by Crippen LogP contribution is -2.21. The van der Waals surface area contributed by atoms with Crippen LogP contribution in [0.1, 0.15) is 23.6 Å². The zero-order valence-electron chi connectivity index (χ0n) is 7.51. The van der Waals surface area contributed by atoms with Crippen molar-refractivity contribution in [3.05, 3.63) is 27.7 Å². The fourth-order valence-electron chi connectivity index (χ4n) is 1.67. The van der Waals surface area contributed by atoms with Gasteiger partial charge in [-0.05, 0) is 24.6 Å². The van der Waals surface area contributed by atoms with Crippen LogP contribution in [0.15, 0.2) is 16.6 Å². The first-order chi connectivity index (χ1) is 6.18. The highest BCUT2D eigenvalue weighted by molar-refractivity contribution is 9.10. The van der Waals surface area contributed by atoms with Crippen molar-refractivity contribution >= 4 is 15.9 Å². The SMILES string of the molecule is Cc1cc(Br)cc2c1OCC[C@H]2N. The minimum Gasteiger partial charge on any atom is -0.493 e. The topological polar surface area (TPSA) is 35.2 Å². The van der Waals surface area contributed by atoms with E-state index in [0.29, 0.717) is 0 Å². The number of nitrogens with two attached hydrogens (primary N) is 1. The quantitative estimate of drug-likeness (QED) is 0.758. The number of ether oxygens (including phenoxy) is 1. The lowest BCUT2D eigenvalue weighted by Gasteiger charge is -2.24. The van der Waals surface area contributed by atoms with Gasteiger partial charge in [0.1, 0.15) is 5.75 Å². The standard InChI is InChI=1S/C10H12BrNO/c1-6-4-7(11)5-8-9(12)2-3-13-10(6)8/h4-5,9H,2-3,12H2,1H3/t9-/m1/s1. The molecule has 1 atom stereocenters. The molecule has 0 saturated heterocycles. The van der Waals surface area contributed by atoms with Crippen molar-refractivity contribution in [2.45, 2.75) is 19.4 Å². The van der Waals surface area contributed by atoms with E-state index in [1.165, 1.54) is 0 Å². The van der Waals surface area contributed by atoms with Gasteiger partial charge < -0.3 is 10.5 Å². The maximum atomic E-state index is 5.98. The van der Waals surface area contributed by atoms with E-state index in [1.54, 1.807) is 0 Å². The van der Waals surface area contributed by atoms with Gasteiger partial charge in [0, 0.05) is 22.5 Å². The Labute approximate surface area is 86.2 Å². The largest absolute Gasteiger partial charge is 0.493 e. The second kappa shape index (κ2) is 3.31. The molecular formula is C10H12BrNO. The van der Waals surface area contributed by atoms with Gasteiger partial charge in [0.15, 0.2) is 0 Å². The Balaban J connectivity index is 2.56. The van der Waals surface area contributed by atoms with Crippen LogP contribution >= 0.6 is 15.9 Å². The summed E-state index contributed by atoms with van der Waals surface area (Å²) in [6.07, 6.45) is 0.906. The van der Waals surface area contributed by atoms with E-state index in [-0.39, 0.29) is 6.04 Å². The van der Waals surface area contributed by atoms with Crippen molar-refractivity contribution in [1.29, 1.82) is 0 Å². The van der Waals surface area contributed by atoms with Crippen LogP contribution in [0.25, 0.3) is 0 Å². The van der Waals surface area contributed by atoms with Crippen LogP contribution in [-0.4, -0.2) is 6.61 Å². The zero-order valence-corrected chi connectivity index (χ0v) is 9.10. The Morgan fingerprint density at radius 3 is 3.08 bits per heavy atom. The maximum Gasteiger partial charge on any atom is 0.127 e. The third-order valence-corrected chi connectivity index (χ3v) is 2.80. The molecule has 1 aromatic carbocycles. The molecule has 0 aliphatic carbocycles. The highest BCUT2D eigenvalue weighted by Gasteiger charge is 2.19. The lowest BCUT2D eigenvalue weighted by molar-refractivity contribution is 0.267. The molecule has 70 valence electrons. The predicted molar refractivity (Wildman–Crippen MR) is 55.9 cm³/mol. The average Bonchev–Trinajstić information content (AvgIpc) is 2.07. The summed E-state index contributed by atoms with van der Waals surface area (Å²) >= 11 is 3.46. The van der Waals surface area contributed by atoms with Crippen LogP contribution in [0.5, 0.6) is 5.75 Å². The summed E-state index contributed by atoms with van der Waals surface area (Å²) < 4.78 is 6.65. The smallest absolute Gasteiger partial charge is 0.127 e. The molecule has 0 unspecified atom stereocenters. The lowest BCUT2D eigenvalue weighted by atomic mass is 9.99. The highest BCUT2D eigenvalue weighted by atomic mass is 79.9. The van der Waals surface area contributed by atoms with E-state index in [9.17, 15) is 0 Å². The third kappa shape index (κ3) is 1.58. The molecule has 0 saturated carbocycles. The fourth-order valence-corrected chi connectivity index (χ4v) is 2.26. The van der Waals surface area contributed by atoms with Gasteiger partial charge in [0.25, 0.3) is 0 Å². The molecular weight excluding hydrogens is 230 g/mol. The van der Waals surface area contributed by atoms with Gasteiger partial charge in [-0.25, -0.2) is 0 Å². The minimum absolute atomic E-state index is 0.125. The first kappa shape index (κ1) is 9.03. The molecule has 13 heavy (non-hydrogen) atoms. The van der Waals surface area contributed by atoms with Crippen molar-refractivity contribution in [1.82, 2.24) is 0 Å². The average molecular weight is 242 g/mol. The van der Waals surface area contributed by atoms with Crippen LogP contribution in [0.2, 0.25) is 0 Å². The molecule has 2 rings (SSSR count). The highest BCUT2D eigenvalue weighted by Crippen LogP contribution is 2.35. The van der Waals surface area contributed by atoms with Crippen molar-refractivity contribution in [2.75, 3.05) is 6.61 Å². The Bertz CT molecular complexity index is 338. The van der Waals surface area contributed by atoms with Crippen molar-refractivity contribution in [2.24, 2.45) is 5.73 Å². The summed E-state index contributed by atoms with van der Waals surface area (Å²) in [5.41, 5.74) is 8.26. The van der Waals surface area contributed by atoms with Crippen LogP contribution < -0.4 is 10.5 Å². The predicted octanol–water partition coefficient (Wildman–Crippen LogP) is 2.54. The molecule has 3 heteroatoms. The first-order valence-corrected chi connectivity index (χ1v) is 5.16.